The van der Waals surface area contributed by atoms with Crippen LogP contribution in [0, 0.1) is 0 Å². The maximum atomic E-state index is 5.74. The van der Waals surface area contributed by atoms with Gasteiger partial charge in [-0.05, 0) is 31.5 Å². The minimum Gasteiger partial charge on any atom is -0.377 e. The van der Waals surface area contributed by atoms with E-state index in [0.29, 0.717) is 12.0 Å². The van der Waals surface area contributed by atoms with Crippen LogP contribution in [0.4, 0.5) is 5.69 Å². The largest absolute Gasteiger partial charge is 0.377 e. The number of likely N-dealkylation sites (N-methyl/N-ethyl adjacent to an activating group) is 1. The number of halogens is 1. The number of alkyl halides is 1. The van der Waals surface area contributed by atoms with E-state index in [0.717, 1.165) is 18.7 Å². The van der Waals surface area contributed by atoms with Gasteiger partial charge in [-0.25, -0.2) is 0 Å². The van der Waals surface area contributed by atoms with Crippen LogP contribution in [0.3, 0.4) is 0 Å². The molecule has 0 spiro atoms. The number of rotatable bonds is 6. The molecule has 1 aromatic rings. The highest BCUT2D eigenvalue weighted by Gasteiger charge is 2.01. The van der Waals surface area contributed by atoms with Crippen LogP contribution in [0.1, 0.15) is 19.4 Å². The standard InChI is InChI=1S/C13H20ClNO/c1-11(2)16-9-8-15(3)13-6-4-12(10-14)5-7-13/h4-7,11H,8-10H2,1-3H3. The molecule has 1 aromatic carbocycles. The second-order valence-corrected chi connectivity index (χ2v) is 4.41. The van der Waals surface area contributed by atoms with Gasteiger partial charge in [0.05, 0.1) is 12.7 Å². The maximum absolute atomic E-state index is 5.74. The first kappa shape index (κ1) is 13.3. The van der Waals surface area contributed by atoms with E-state index >= 15 is 0 Å². The molecular weight excluding hydrogens is 222 g/mol. The van der Waals surface area contributed by atoms with E-state index in [9.17, 15) is 0 Å². The number of ether oxygens (including phenoxy) is 1. The van der Waals surface area contributed by atoms with Crippen molar-refractivity contribution in [2.75, 3.05) is 25.1 Å². The Kier molecular flexibility index (Phi) is 5.64. The summed E-state index contributed by atoms with van der Waals surface area (Å²) >= 11 is 5.74. The van der Waals surface area contributed by atoms with Crippen molar-refractivity contribution < 1.29 is 4.74 Å². The molecule has 0 bridgehead atoms. The Bertz CT molecular complexity index is 297. The van der Waals surface area contributed by atoms with Crippen LogP contribution in [0.15, 0.2) is 24.3 Å². The average Bonchev–Trinajstić information content (AvgIpc) is 2.28. The molecule has 0 saturated carbocycles. The molecule has 0 atom stereocenters. The van der Waals surface area contributed by atoms with Gasteiger partial charge in [-0.15, -0.1) is 11.6 Å². The summed E-state index contributed by atoms with van der Waals surface area (Å²) in [6.45, 7) is 5.76. The van der Waals surface area contributed by atoms with Gasteiger partial charge >= 0.3 is 0 Å². The highest BCUT2D eigenvalue weighted by atomic mass is 35.5. The van der Waals surface area contributed by atoms with Gasteiger partial charge in [-0.3, -0.25) is 0 Å². The van der Waals surface area contributed by atoms with E-state index in [1.807, 2.05) is 0 Å². The summed E-state index contributed by atoms with van der Waals surface area (Å²) in [5.74, 6) is 0.570. The summed E-state index contributed by atoms with van der Waals surface area (Å²) in [7, 11) is 2.07. The van der Waals surface area contributed by atoms with E-state index < -0.39 is 0 Å². The minimum absolute atomic E-state index is 0.298. The van der Waals surface area contributed by atoms with Crippen LogP contribution in [0.5, 0.6) is 0 Å². The molecule has 0 N–H and O–H groups in total. The van der Waals surface area contributed by atoms with Gasteiger partial charge in [-0.1, -0.05) is 12.1 Å². The van der Waals surface area contributed by atoms with Gasteiger partial charge in [0.25, 0.3) is 0 Å². The fourth-order valence-electron chi connectivity index (χ4n) is 1.39. The maximum Gasteiger partial charge on any atom is 0.0644 e. The molecule has 16 heavy (non-hydrogen) atoms. The quantitative estimate of drug-likeness (QED) is 0.709. The summed E-state index contributed by atoms with van der Waals surface area (Å²) in [4.78, 5) is 2.18. The third kappa shape index (κ3) is 4.42. The Morgan fingerprint density at radius 3 is 2.38 bits per heavy atom. The van der Waals surface area contributed by atoms with E-state index in [1.54, 1.807) is 0 Å². The fraction of sp³-hybridized carbons (Fsp3) is 0.538. The smallest absolute Gasteiger partial charge is 0.0644 e. The van der Waals surface area contributed by atoms with Crippen molar-refractivity contribution in [3.8, 4) is 0 Å². The van der Waals surface area contributed by atoms with Gasteiger partial charge in [-0.2, -0.15) is 0 Å². The summed E-state index contributed by atoms with van der Waals surface area (Å²) in [6.07, 6.45) is 0.298. The summed E-state index contributed by atoms with van der Waals surface area (Å²) in [6, 6.07) is 8.30. The second kappa shape index (κ2) is 6.77. The van der Waals surface area contributed by atoms with Crippen LogP contribution < -0.4 is 4.90 Å². The van der Waals surface area contributed by atoms with Crippen LogP contribution >= 0.6 is 11.6 Å². The van der Waals surface area contributed by atoms with Crippen molar-refractivity contribution >= 4 is 17.3 Å². The molecule has 3 heteroatoms. The highest BCUT2D eigenvalue weighted by Crippen LogP contribution is 2.14. The number of nitrogens with zero attached hydrogens (tertiary/aromatic N) is 1. The van der Waals surface area contributed by atoms with E-state index in [-0.39, 0.29) is 0 Å². The zero-order chi connectivity index (χ0) is 12.0. The van der Waals surface area contributed by atoms with Gasteiger partial charge in [0.1, 0.15) is 0 Å². The van der Waals surface area contributed by atoms with Crippen LogP contribution in [0.25, 0.3) is 0 Å². The number of anilines is 1. The van der Waals surface area contributed by atoms with Crippen molar-refractivity contribution in [2.24, 2.45) is 0 Å². The topological polar surface area (TPSA) is 12.5 Å². The predicted octanol–water partition coefficient (Wildman–Crippen LogP) is 3.29. The third-order valence-corrected chi connectivity index (χ3v) is 2.72. The zero-order valence-electron chi connectivity index (χ0n) is 10.2. The molecular formula is C13H20ClNO. The molecule has 0 heterocycles. The molecule has 1 rings (SSSR count). The zero-order valence-corrected chi connectivity index (χ0v) is 11.0. The SMILES string of the molecule is CC(C)OCCN(C)c1ccc(CCl)cc1. The summed E-state index contributed by atoms with van der Waals surface area (Å²) in [5, 5.41) is 0. The lowest BCUT2D eigenvalue weighted by molar-refractivity contribution is 0.0846. The molecule has 0 unspecified atom stereocenters. The van der Waals surface area contributed by atoms with Crippen molar-refractivity contribution in [1.82, 2.24) is 0 Å². The first-order valence-electron chi connectivity index (χ1n) is 5.61. The predicted molar refractivity (Wildman–Crippen MR) is 70.4 cm³/mol. The average molecular weight is 242 g/mol. The normalized spacial score (nSPS) is 10.8. The molecule has 0 amide bonds. The van der Waals surface area contributed by atoms with Gasteiger partial charge in [0.2, 0.25) is 0 Å². The molecule has 0 aliphatic carbocycles. The summed E-state index contributed by atoms with van der Waals surface area (Å²) < 4.78 is 5.52. The van der Waals surface area contributed by atoms with Gasteiger partial charge in [0.15, 0.2) is 0 Å². The Hall–Kier alpha value is -0.730. The van der Waals surface area contributed by atoms with Gasteiger partial charge < -0.3 is 9.64 Å². The van der Waals surface area contributed by atoms with Crippen molar-refractivity contribution in [1.29, 1.82) is 0 Å². The minimum atomic E-state index is 0.298. The molecule has 90 valence electrons. The molecule has 2 nitrogen and oxygen atoms in total. The lowest BCUT2D eigenvalue weighted by Gasteiger charge is -2.20. The second-order valence-electron chi connectivity index (χ2n) is 4.14. The Labute approximate surface area is 103 Å². The fourth-order valence-corrected chi connectivity index (χ4v) is 1.57. The highest BCUT2D eigenvalue weighted by molar-refractivity contribution is 6.17. The Morgan fingerprint density at radius 2 is 1.88 bits per heavy atom. The lowest BCUT2D eigenvalue weighted by Crippen LogP contribution is -2.23. The molecule has 0 saturated heterocycles. The van der Waals surface area contributed by atoms with E-state index in [2.05, 4.69) is 50.1 Å². The number of benzene rings is 1. The van der Waals surface area contributed by atoms with Gasteiger partial charge in [0, 0.05) is 25.2 Å². The molecule has 0 fully saturated rings. The molecule has 0 radical (unpaired) electrons. The Morgan fingerprint density at radius 1 is 1.25 bits per heavy atom. The van der Waals surface area contributed by atoms with E-state index in [4.69, 9.17) is 16.3 Å². The number of hydrogen-bond donors (Lipinski definition) is 0. The molecule has 0 aromatic heterocycles. The third-order valence-electron chi connectivity index (χ3n) is 2.41. The van der Waals surface area contributed by atoms with E-state index in [1.165, 1.54) is 5.69 Å². The lowest BCUT2D eigenvalue weighted by atomic mass is 10.2. The van der Waals surface area contributed by atoms with Crippen LogP contribution in [0.2, 0.25) is 0 Å². The van der Waals surface area contributed by atoms with Crippen molar-refractivity contribution in [3.05, 3.63) is 29.8 Å². The van der Waals surface area contributed by atoms with Crippen molar-refractivity contribution in [3.63, 3.8) is 0 Å². The Balaban J connectivity index is 2.43. The summed E-state index contributed by atoms with van der Waals surface area (Å²) in [5.41, 5.74) is 2.35. The molecule has 0 aliphatic rings. The van der Waals surface area contributed by atoms with Crippen LogP contribution in [-0.4, -0.2) is 26.3 Å². The molecule has 0 aliphatic heterocycles. The first-order valence-corrected chi connectivity index (χ1v) is 6.14. The van der Waals surface area contributed by atoms with Crippen LogP contribution in [-0.2, 0) is 10.6 Å². The monoisotopic (exact) mass is 241 g/mol. The number of hydrogen-bond acceptors (Lipinski definition) is 2. The van der Waals surface area contributed by atoms with Crippen molar-refractivity contribution in [2.45, 2.75) is 25.8 Å². The first-order chi connectivity index (χ1) is 7.63.